The first kappa shape index (κ1) is 16.4. The molecule has 1 N–H and O–H groups in total. The Morgan fingerprint density at radius 1 is 1.43 bits per heavy atom. The van der Waals surface area contributed by atoms with E-state index in [9.17, 15) is 4.39 Å². The van der Waals surface area contributed by atoms with Crippen LogP contribution in [-0.4, -0.2) is 44.3 Å². The van der Waals surface area contributed by atoms with Gasteiger partial charge in [0.25, 0.3) is 0 Å². The largest absolute Gasteiger partial charge is 0.381 e. The third kappa shape index (κ3) is 5.06. The van der Waals surface area contributed by atoms with Gasteiger partial charge in [0.1, 0.15) is 5.82 Å². The quantitative estimate of drug-likeness (QED) is 0.837. The minimum Gasteiger partial charge on any atom is -0.381 e. The number of benzene rings is 1. The molecule has 1 aliphatic heterocycles. The van der Waals surface area contributed by atoms with Crippen LogP contribution in [-0.2, 0) is 11.3 Å². The number of nitrogens with zero attached hydrogens (tertiary/aromatic N) is 1. The van der Waals surface area contributed by atoms with Crippen molar-refractivity contribution < 1.29 is 9.13 Å². The molecule has 0 amide bonds. The summed E-state index contributed by atoms with van der Waals surface area (Å²) in [4.78, 5) is 2.27. The van der Waals surface area contributed by atoms with Crippen LogP contribution in [0.25, 0.3) is 0 Å². The van der Waals surface area contributed by atoms with E-state index in [1.165, 1.54) is 6.07 Å². The second kappa shape index (κ2) is 7.34. The smallest absolute Gasteiger partial charge is 0.123 e. The molecule has 1 unspecified atom stereocenters. The summed E-state index contributed by atoms with van der Waals surface area (Å²) in [5.74, 6) is -0.165. The van der Waals surface area contributed by atoms with Gasteiger partial charge in [-0.25, -0.2) is 4.39 Å². The van der Waals surface area contributed by atoms with Crippen LogP contribution in [0, 0.1) is 11.2 Å². The van der Waals surface area contributed by atoms with Crippen molar-refractivity contribution >= 4 is 0 Å². The normalized spacial score (nSPS) is 22.4. The second-order valence-corrected chi connectivity index (χ2v) is 6.64. The Hall–Kier alpha value is -0.970. The number of hydrogen-bond acceptors (Lipinski definition) is 3. The molecular formula is C17H27FN2O. The Kier molecular flexibility index (Phi) is 5.73. The Bertz CT molecular complexity index is 444. The van der Waals surface area contributed by atoms with E-state index in [0.717, 1.165) is 44.8 Å². The molecule has 1 heterocycles. The summed E-state index contributed by atoms with van der Waals surface area (Å²) in [6.45, 7) is 8.68. The molecular weight excluding hydrogens is 267 g/mol. The summed E-state index contributed by atoms with van der Waals surface area (Å²) in [5.41, 5.74) is 1.19. The Labute approximate surface area is 127 Å². The summed E-state index contributed by atoms with van der Waals surface area (Å²) in [5, 5.41) is 3.54. The molecule has 0 aliphatic carbocycles. The van der Waals surface area contributed by atoms with E-state index in [0.29, 0.717) is 6.04 Å². The Morgan fingerprint density at radius 2 is 2.24 bits per heavy atom. The number of rotatable bonds is 7. The number of ether oxygens (including phenoxy) is 1. The topological polar surface area (TPSA) is 24.5 Å². The van der Waals surface area contributed by atoms with Gasteiger partial charge in [-0.1, -0.05) is 26.0 Å². The third-order valence-electron chi connectivity index (χ3n) is 4.02. The Morgan fingerprint density at radius 3 is 2.86 bits per heavy atom. The lowest BCUT2D eigenvalue weighted by Gasteiger charge is -2.33. The first-order chi connectivity index (χ1) is 9.99. The first-order valence-corrected chi connectivity index (χ1v) is 7.73. The van der Waals surface area contributed by atoms with E-state index in [1.807, 2.05) is 6.07 Å². The Balaban J connectivity index is 1.93. The zero-order valence-electron chi connectivity index (χ0n) is 13.4. The summed E-state index contributed by atoms with van der Waals surface area (Å²) in [6, 6.07) is 7.33. The minimum atomic E-state index is -0.165. The molecule has 1 aromatic rings. The molecule has 0 aromatic heterocycles. The lowest BCUT2D eigenvalue weighted by molar-refractivity contribution is 0.115. The highest BCUT2D eigenvalue weighted by Gasteiger charge is 2.35. The molecule has 1 aliphatic rings. The molecule has 1 saturated heterocycles. The lowest BCUT2D eigenvalue weighted by atomic mass is 9.86. The van der Waals surface area contributed by atoms with E-state index < -0.39 is 0 Å². The molecule has 0 saturated carbocycles. The van der Waals surface area contributed by atoms with Crippen LogP contribution in [0.15, 0.2) is 24.3 Å². The standard InChI is InChI=1S/C17H27FN2O/c1-14(2)19-11-17(7-8-21-13-17)12-20(3)10-15-5-4-6-16(18)9-15/h4-6,9,14,19H,7-8,10-13H2,1-3H3. The van der Waals surface area contributed by atoms with Crippen molar-refractivity contribution in [2.24, 2.45) is 5.41 Å². The van der Waals surface area contributed by atoms with E-state index >= 15 is 0 Å². The zero-order valence-corrected chi connectivity index (χ0v) is 13.4. The lowest BCUT2D eigenvalue weighted by Crippen LogP contribution is -2.45. The molecule has 4 heteroatoms. The highest BCUT2D eigenvalue weighted by atomic mass is 19.1. The predicted octanol–water partition coefficient (Wildman–Crippen LogP) is 2.66. The zero-order chi connectivity index (χ0) is 15.3. The van der Waals surface area contributed by atoms with Crippen molar-refractivity contribution in [1.82, 2.24) is 10.2 Å². The predicted molar refractivity (Wildman–Crippen MR) is 83.7 cm³/mol. The highest BCUT2D eigenvalue weighted by molar-refractivity contribution is 5.16. The average Bonchev–Trinajstić information content (AvgIpc) is 2.85. The fourth-order valence-electron chi connectivity index (χ4n) is 2.97. The molecule has 0 bridgehead atoms. The molecule has 1 atom stereocenters. The summed E-state index contributed by atoms with van der Waals surface area (Å²) < 4.78 is 18.9. The van der Waals surface area contributed by atoms with Gasteiger partial charge in [-0.05, 0) is 31.2 Å². The second-order valence-electron chi connectivity index (χ2n) is 6.64. The number of nitrogens with one attached hydrogen (secondary N) is 1. The van der Waals surface area contributed by atoms with Gasteiger partial charge in [-0.15, -0.1) is 0 Å². The van der Waals surface area contributed by atoms with Crippen LogP contribution in [0.4, 0.5) is 4.39 Å². The fraction of sp³-hybridized carbons (Fsp3) is 0.647. The van der Waals surface area contributed by atoms with E-state index in [2.05, 4.69) is 31.1 Å². The van der Waals surface area contributed by atoms with Gasteiger partial charge >= 0.3 is 0 Å². The maximum atomic E-state index is 13.3. The van der Waals surface area contributed by atoms with Crippen LogP contribution >= 0.6 is 0 Å². The molecule has 118 valence electrons. The fourth-order valence-corrected chi connectivity index (χ4v) is 2.97. The molecule has 3 nitrogen and oxygen atoms in total. The van der Waals surface area contributed by atoms with Gasteiger partial charge in [0.15, 0.2) is 0 Å². The van der Waals surface area contributed by atoms with Crippen LogP contribution in [0.2, 0.25) is 0 Å². The van der Waals surface area contributed by atoms with Gasteiger partial charge in [0.2, 0.25) is 0 Å². The summed E-state index contributed by atoms with van der Waals surface area (Å²) in [7, 11) is 2.10. The maximum absolute atomic E-state index is 13.3. The van der Waals surface area contributed by atoms with Gasteiger partial charge in [0, 0.05) is 37.7 Å². The van der Waals surface area contributed by atoms with Crippen molar-refractivity contribution in [2.45, 2.75) is 32.9 Å². The molecule has 1 aromatic carbocycles. The maximum Gasteiger partial charge on any atom is 0.123 e. The monoisotopic (exact) mass is 294 g/mol. The number of halogens is 1. The molecule has 1 fully saturated rings. The van der Waals surface area contributed by atoms with Crippen molar-refractivity contribution in [3.8, 4) is 0 Å². The van der Waals surface area contributed by atoms with Crippen molar-refractivity contribution in [3.05, 3.63) is 35.6 Å². The van der Waals surface area contributed by atoms with E-state index in [-0.39, 0.29) is 11.2 Å². The third-order valence-corrected chi connectivity index (χ3v) is 4.02. The molecule has 0 spiro atoms. The minimum absolute atomic E-state index is 0.165. The van der Waals surface area contributed by atoms with Crippen LogP contribution in [0.3, 0.4) is 0 Å². The van der Waals surface area contributed by atoms with Gasteiger partial charge in [0.05, 0.1) is 6.61 Å². The first-order valence-electron chi connectivity index (χ1n) is 7.73. The van der Waals surface area contributed by atoms with Gasteiger partial charge in [-0.3, -0.25) is 0 Å². The average molecular weight is 294 g/mol. The summed E-state index contributed by atoms with van der Waals surface area (Å²) in [6.07, 6.45) is 1.08. The van der Waals surface area contributed by atoms with Crippen LogP contribution in [0.5, 0.6) is 0 Å². The van der Waals surface area contributed by atoms with Crippen LogP contribution < -0.4 is 5.32 Å². The molecule has 21 heavy (non-hydrogen) atoms. The SMILES string of the molecule is CC(C)NCC1(CN(C)Cc2cccc(F)c2)CCOC1. The highest BCUT2D eigenvalue weighted by Crippen LogP contribution is 2.29. The van der Waals surface area contributed by atoms with Gasteiger partial charge < -0.3 is 15.0 Å². The van der Waals surface area contributed by atoms with E-state index in [4.69, 9.17) is 4.74 Å². The van der Waals surface area contributed by atoms with Crippen LogP contribution in [0.1, 0.15) is 25.8 Å². The van der Waals surface area contributed by atoms with Crippen molar-refractivity contribution in [1.29, 1.82) is 0 Å². The number of hydrogen-bond donors (Lipinski definition) is 1. The van der Waals surface area contributed by atoms with E-state index in [1.54, 1.807) is 12.1 Å². The summed E-state index contributed by atoms with van der Waals surface area (Å²) >= 11 is 0. The van der Waals surface area contributed by atoms with Crippen molar-refractivity contribution in [3.63, 3.8) is 0 Å². The van der Waals surface area contributed by atoms with Crippen molar-refractivity contribution in [2.75, 3.05) is 33.4 Å². The van der Waals surface area contributed by atoms with Gasteiger partial charge in [-0.2, -0.15) is 0 Å². The molecule has 2 rings (SSSR count). The molecule has 0 radical (unpaired) electrons.